The second-order valence-corrected chi connectivity index (χ2v) is 7.22. The summed E-state index contributed by atoms with van der Waals surface area (Å²) >= 11 is 0. The molecule has 0 saturated heterocycles. The molecule has 0 heterocycles. The number of esters is 1. The molecule has 1 amide bonds. The molecule has 1 saturated carbocycles. The Kier molecular flexibility index (Phi) is 6.64. The molecule has 6 nitrogen and oxygen atoms in total. The van der Waals surface area contributed by atoms with Crippen LogP contribution in [0.3, 0.4) is 0 Å². The molecule has 144 valence electrons. The molecule has 0 unspecified atom stereocenters. The number of nitrogens with one attached hydrogen (secondary N) is 1. The molecule has 0 aliphatic heterocycles. The lowest BCUT2D eigenvalue weighted by atomic mass is 9.78. The van der Waals surface area contributed by atoms with E-state index in [0.717, 1.165) is 12.8 Å². The Morgan fingerprint density at radius 1 is 1.27 bits per heavy atom. The summed E-state index contributed by atoms with van der Waals surface area (Å²) < 4.78 is 16.1. The molecule has 2 rings (SSSR count). The highest BCUT2D eigenvalue weighted by atomic mass is 16.5. The van der Waals surface area contributed by atoms with Gasteiger partial charge in [-0.25, -0.2) is 4.79 Å². The number of hydrogen-bond donors (Lipinski definition) is 1. The largest absolute Gasteiger partial charge is 0.490 e. The number of carbonyl (C=O) groups excluding carboxylic acids is 2. The van der Waals surface area contributed by atoms with Gasteiger partial charge in [0.1, 0.15) is 16.9 Å². The molecule has 0 spiro atoms. The lowest BCUT2D eigenvalue weighted by molar-refractivity contribution is -0.143. The van der Waals surface area contributed by atoms with E-state index in [1.165, 1.54) is 7.11 Å². The number of methoxy groups -OCH3 is 2. The van der Waals surface area contributed by atoms with Gasteiger partial charge in [0.15, 0.2) is 0 Å². The maximum atomic E-state index is 12.9. The van der Waals surface area contributed by atoms with Crippen molar-refractivity contribution in [1.29, 1.82) is 0 Å². The van der Waals surface area contributed by atoms with E-state index in [0.29, 0.717) is 30.2 Å². The van der Waals surface area contributed by atoms with Crippen molar-refractivity contribution >= 4 is 17.6 Å². The molecule has 0 bridgehead atoms. The Morgan fingerprint density at radius 3 is 2.58 bits per heavy atom. The lowest BCUT2D eigenvalue weighted by Crippen LogP contribution is -2.47. The summed E-state index contributed by atoms with van der Waals surface area (Å²) in [5.74, 6) is 0.170. The van der Waals surface area contributed by atoms with Gasteiger partial charge in [-0.1, -0.05) is 13.3 Å². The summed E-state index contributed by atoms with van der Waals surface area (Å²) in [4.78, 5) is 25.0. The standard InChI is InChI=1S/C20H29NO5/c1-13(2)26-17-9-8-15(11-16(17)18(22)24-4)21-19(23)20(25-5)10-6-7-14(3)12-20/h8-9,11,13-14H,6-7,10,12H2,1-5H3,(H,21,23)/t14-,20+/m1/s1. The van der Waals surface area contributed by atoms with Crippen molar-refractivity contribution in [3.8, 4) is 5.75 Å². The van der Waals surface area contributed by atoms with Crippen molar-refractivity contribution in [3.05, 3.63) is 23.8 Å². The third-order valence-electron chi connectivity index (χ3n) is 4.77. The van der Waals surface area contributed by atoms with E-state index in [-0.39, 0.29) is 17.6 Å². The molecule has 26 heavy (non-hydrogen) atoms. The monoisotopic (exact) mass is 363 g/mol. The average molecular weight is 363 g/mol. The Hall–Kier alpha value is -2.08. The zero-order valence-electron chi connectivity index (χ0n) is 16.3. The molecule has 0 aromatic heterocycles. The molecule has 1 aliphatic carbocycles. The highest BCUT2D eigenvalue weighted by Gasteiger charge is 2.42. The Labute approximate surface area is 155 Å². The van der Waals surface area contributed by atoms with Crippen LogP contribution in [-0.2, 0) is 14.3 Å². The van der Waals surface area contributed by atoms with Crippen molar-refractivity contribution in [2.45, 2.75) is 58.2 Å². The van der Waals surface area contributed by atoms with E-state index in [2.05, 4.69) is 12.2 Å². The van der Waals surface area contributed by atoms with E-state index in [1.54, 1.807) is 25.3 Å². The molecule has 1 fully saturated rings. The van der Waals surface area contributed by atoms with Crippen LogP contribution in [0.1, 0.15) is 56.8 Å². The van der Waals surface area contributed by atoms with E-state index < -0.39 is 11.6 Å². The number of hydrogen-bond acceptors (Lipinski definition) is 5. The van der Waals surface area contributed by atoms with Gasteiger partial charge < -0.3 is 19.5 Å². The first-order valence-corrected chi connectivity index (χ1v) is 9.07. The Bertz CT molecular complexity index is 658. The lowest BCUT2D eigenvalue weighted by Gasteiger charge is -2.37. The summed E-state index contributed by atoms with van der Waals surface area (Å²) in [5.41, 5.74) is -0.0282. The highest BCUT2D eigenvalue weighted by molar-refractivity contribution is 5.99. The second kappa shape index (κ2) is 8.54. The molecule has 6 heteroatoms. The van der Waals surface area contributed by atoms with Crippen LogP contribution in [0.4, 0.5) is 5.69 Å². The number of amides is 1. The Morgan fingerprint density at radius 2 is 2.00 bits per heavy atom. The summed E-state index contributed by atoms with van der Waals surface area (Å²) in [6, 6.07) is 4.97. The summed E-state index contributed by atoms with van der Waals surface area (Å²) in [7, 11) is 2.90. The number of anilines is 1. The van der Waals surface area contributed by atoms with Crippen LogP contribution in [-0.4, -0.2) is 37.8 Å². The number of ether oxygens (including phenoxy) is 3. The smallest absolute Gasteiger partial charge is 0.341 e. The fourth-order valence-corrected chi connectivity index (χ4v) is 3.47. The van der Waals surface area contributed by atoms with E-state index in [9.17, 15) is 9.59 Å². The average Bonchev–Trinajstić information content (AvgIpc) is 2.61. The molecule has 0 radical (unpaired) electrons. The molecule has 1 aliphatic rings. The maximum absolute atomic E-state index is 12.9. The van der Waals surface area contributed by atoms with Gasteiger partial charge in [0.05, 0.1) is 13.2 Å². The van der Waals surface area contributed by atoms with Gasteiger partial charge in [-0.05, 0) is 57.2 Å². The first kappa shape index (κ1) is 20.2. The van der Waals surface area contributed by atoms with Gasteiger partial charge in [-0.15, -0.1) is 0 Å². The van der Waals surface area contributed by atoms with Crippen molar-refractivity contribution in [3.63, 3.8) is 0 Å². The van der Waals surface area contributed by atoms with Crippen LogP contribution in [0.15, 0.2) is 18.2 Å². The highest BCUT2D eigenvalue weighted by Crippen LogP contribution is 2.36. The second-order valence-electron chi connectivity index (χ2n) is 7.22. The summed E-state index contributed by atoms with van der Waals surface area (Å²) in [6.45, 7) is 5.89. The molecule has 1 N–H and O–H groups in total. The SMILES string of the molecule is COC(=O)c1cc(NC(=O)[C@]2(OC)CCC[C@@H](C)C2)ccc1OC(C)C. The van der Waals surface area contributed by atoms with E-state index in [4.69, 9.17) is 14.2 Å². The van der Waals surface area contributed by atoms with Gasteiger partial charge in [-0.2, -0.15) is 0 Å². The topological polar surface area (TPSA) is 73.9 Å². The molecular formula is C20H29NO5. The quantitative estimate of drug-likeness (QED) is 0.778. The predicted octanol–water partition coefficient (Wildman–Crippen LogP) is 3.79. The van der Waals surface area contributed by atoms with Gasteiger partial charge in [0, 0.05) is 12.8 Å². The van der Waals surface area contributed by atoms with Crippen LogP contribution < -0.4 is 10.1 Å². The number of carbonyl (C=O) groups is 2. The fraction of sp³-hybridized carbons (Fsp3) is 0.600. The van der Waals surface area contributed by atoms with Gasteiger partial charge in [0.25, 0.3) is 5.91 Å². The van der Waals surface area contributed by atoms with Crippen LogP contribution in [0.2, 0.25) is 0 Å². The molecular weight excluding hydrogens is 334 g/mol. The fourth-order valence-electron chi connectivity index (χ4n) is 3.47. The third-order valence-corrected chi connectivity index (χ3v) is 4.77. The molecule has 1 aromatic rings. The minimum Gasteiger partial charge on any atom is -0.490 e. The van der Waals surface area contributed by atoms with Crippen LogP contribution in [0.5, 0.6) is 5.75 Å². The first-order chi connectivity index (χ1) is 12.3. The van der Waals surface area contributed by atoms with Gasteiger partial charge >= 0.3 is 5.97 Å². The third kappa shape index (κ3) is 4.55. The zero-order valence-corrected chi connectivity index (χ0v) is 16.3. The minimum absolute atomic E-state index is 0.0839. The zero-order chi connectivity index (χ0) is 19.3. The number of benzene rings is 1. The summed E-state index contributed by atoms with van der Waals surface area (Å²) in [6.07, 6.45) is 3.36. The van der Waals surface area contributed by atoms with Crippen LogP contribution in [0, 0.1) is 5.92 Å². The number of rotatable bonds is 6. The van der Waals surface area contributed by atoms with Gasteiger partial charge in [0.2, 0.25) is 0 Å². The predicted molar refractivity (Wildman–Crippen MR) is 99.5 cm³/mol. The normalized spacial score (nSPS) is 22.8. The van der Waals surface area contributed by atoms with E-state index >= 15 is 0 Å². The van der Waals surface area contributed by atoms with Crippen molar-refractivity contribution in [2.24, 2.45) is 5.92 Å². The van der Waals surface area contributed by atoms with E-state index in [1.807, 2.05) is 13.8 Å². The van der Waals surface area contributed by atoms with Crippen LogP contribution >= 0.6 is 0 Å². The van der Waals surface area contributed by atoms with Crippen molar-refractivity contribution in [2.75, 3.05) is 19.5 Å². The van der Waals surface area contributed by atoms with Crippen molar-refractivity contribution in [1.82, 2.24) is 0 Å². The van der Waals surface area contributed by atoms with Crippen molar-refractivity contribution < 1.29 is 23.8 Å². The molecule has 1 aromatic carbocycles. The summed E-state index contributed by atoms with van der Waals surface area (Å²) in [5, 5.41) is 2.90. The minimum atomic E-state index is -0.823. The maximum Gasteiger partial charge on any atom is 0.341 e. The Balaban J connectivity index is 2.25. The van der Waals surface area contributed by atoms with Crippen LogP contribution in [0.25, 0.3) is 0 Å². The van der Waals surface area contributed by atoms with Gasteiger partial charge in [-0.3, -0.25) is 4.79 Å². The molecule has 2 atom stereocenters. The first-order valence-electron chi connectivity index (χ1n) is 9.07.